The third kappa shape index (κ3) is 4.61. The summed E-state index contributed by atoms with van der Waals surface area (Å²) < 4.78 is 10.9. The fraction of sp³-hybridized carbons (Fsp3) is 0.824. The van der Waals surface area contributed by atoms with Crippen LogP contribution in [0.1, 0.15) is 47.5 Å². The van der Waals surface area contributed by atoms with Gasteiger partial charge in [0, 0.05) is 6.54 Å². The molecule has 7 heteroatoms. The number of carbonyl (C=O) groups excluding carboxylic acids is 2. The number of ether oxygens (including phenoxy) is 2. The Morgan fingerprint density at radius 1 is 1.38 bits per heavy atom. The van der Waals surface area contributed by atoms with Crippen molar-refractivity contribution in [1.82, 2.24) is 10.2 Å². The van der Waals surface area contributed by atoms with Crippen LogP contribution in [0, 0.1) is 5.92 Å². The fourth-order valence-corrected chi connectivity index (χ4v) is 2.88. The Morgan fingerprint density at radius 2 is 2.08 bits per heavy atom. The van der Waals surface area contributed by atoms with Gasteiger partial charge in [-0.1, -0.05) is 13.8 Å². The molecule has 2 heterocycles. The van der Waals surface area contributed by atoms with Gasteiger partial charge in [-0.25, -0.2) is 4.79 Å². The second-order valence-electron chi connectivity index (χ2n) is 7.63. The summed E-state index contributed by atoms with van der Waals surface area (Å²) in [5.41, 5.74) is -0.576. The summed E-state index contributed by atoms with van der Waals surface area (Å²) in [6.45, 7) is 11.2. The average Bonchev–Trinajstić information content (AvgIpc) is 3.13. The first-order valence-electron chi connectivity index (χ1n) is 8.66. The van der Waals surface area contributed by atoms with Crippen molar-refractivity contribution in [1.29, 1.82) is 0 Å². The molecule has 0 saturated carbocycles. The van der Waals surface area contributed by atoms with Crippen molar-refractivity contribution in [2.75, 3.05) is 19.7 Å². The fourth-order valence-electron chi connectivity index (χ4n) is 2.88. The van der Waals surface area contributed by atoms with Crippen molar-refractivity contribution in [2.45, 2.75) is 65.1 Å². The van der Waals surface area contributed by atoms with Gasteiger partial charge in [-0.15, -0.1) is 0 Å². The minimum absolute atomic E-state index is 0.155. The maximum Gasteiger partial charge on any atom is 0.410 e. The van der Waals surface area contributed by atoms with E-state index < -0.39 is 17.7 Å². The van der Waals surface area contributed by atoms with Crippen LogP contribution in [0.3, 0.4) is 0 Å². The number of carbonyl (C=O) groups is 2. The Kier molecular flexibility index (Phi) is 5.72. The largest absolute Gasteiger partial charge is 0.478 e. The number of nitrogens with one attached hydrogen (secondary N) is 1. The lowest BCUT2D eigenvalue weighted by Crippen LogP contribution is -2.53. The highest BCUT2D eigenvalue weighted by molar-refractivity contribution is 5.92. The first-order valence-corrected chi connectivity index (χ1v) is 8.66. The zero-order valence-electron chi connectivity index (χ0n) is 15.3. The van der Waals surface area contributed by atoms with Crippen LogP contribution in [-0.4, -0.2) is 60.2 Å². The summed E-state index contributed by atoms with van der Waals surface area (Å²) in [6.07, 6.45) is 1.00. The molecule has 24 heavy (non-hydrogen) atoms. The predicted molar refractivity (Wildman–Crippen MR) is 91.0 cm³/mol. The number of aliphatic imine (C=N–C) groups is 1. The van der Waals surface area contributed by atoms with Gasteiger partial charge in [0.25, 0.3) is 0 Å². The molecule has 2 rings (SSSR count). The van der Waals surface area contributed by atoms with Gasteiger partial charge in [0.05, 0.1) is 6.54 Å². The maximum atomic E-state index is 12.7. The molecule has 1 unspecified atom stereocenters. The molecule has 0 bridgehead atoms. The van der Waals surface area contributed by atoms with Crippen molar-refractivity contribution in [2.24, 2.45) is 10.9 Å². The van der Waals surface area contributed by atoms with Crippen LogP contribution in [0.5, 0.6) is 0 Å². The summed E-state index contributed by atoms with van der Waals surface area (Å²) in [7, 11) is 0. The molecule has 1 saturated heterocycles. The molecule has 2 aliphatic heterocycles. The topological polar surface area (TPSA) is 80.2 Å². The Labute approximate surface area is 143 Å². The highest BCUT2D eigenvalue weighted by Gasteiger charge is 2.38. The zero-order valence-corrected chi connectivity index (χ0v) is 15.3. The minimum Gasteiger partial charge on any atom is -0.478 e. The molecular weight excluding hydrogens is 310 g/mol. The summed E-state index contributed by atoms with van der Waals surface area (Å²) >= 11 is 0. The van der Waals surface area contributed by atoms with Gasteiger partial charge in [-0.3, -0.25) is 14.7 Å². The maximum absolute atomic E-state index is 12.7. The number of likely N-dealkylation sites (tertiary alicyclic amines) is 1. The Morgan fingerprint density at radius 3 is 2.62 bits per heavy atom. The van der Waals surface area contributed by atoms with E-state index in [1.165, 1.54) is 4.90 Å². The SMILES string of the molecule is CC(C)C(NC(=O)[C@@H]1CCCN1C(=O)OC(C)(C)C)C1=NCCO1. The molecule has 0 radical (unpaired) electrons. The van der Waals surface area contributed by atoms with E-state index in [1.807, 2.05) is 34.6 Å². The molecule has 7 nitrogen and oxygen atoms in total. The monoisotopic (exact) mass is 339 g/mol. The standard InChI is InChI=1S/C17H29N3O4/c1-11(2)13(15-18-8-10-23-15)19-14(21)12-7-6-9-20(12)16(22)24-17(3,4)5/h11-13H,6-10H2,1-5H3,(H,19,21)/t12-,13?/m0/s1. The Bertz CT molecular complexity index is 510. The number of amides is 2. The van der Waals surface area contributed by atoms with E-state index in [0.717, 1.165) is 6.42 Å². The van der Waals surface area contributed by atoms with Gasteiger partial charge in [0.1, 0.15) is 24.3 Å². The molecule has 1 N–H and O–H groups in total. The van der Waals surface area contributed by atoms with Crippen LogP contribution in [0.4, 0.5) is 4.79 Å². The van der Waals surface area contributed by atoms with Crippen molar-refractivity contribution >= 4 is 17.9 Å². The van der Waals surface area contributed by atoms with Gasteiger partial charge in [-0.2, -0.15) is 0 Å². The van der Waals surface area contributed by atoms with Crippen LogP contribution in [0.25, 0.3) is 0 Å². The predicted octanol–water partition coefficient (Wildman–Crippen LogP) is 1.96. The molecule has 2 aliphatic rings. The van der Waals surface area contributed by atoms with Crippen LogP contribution < -0.4 is 5.32 Å². The van der Waals surface area contributed by atoms with Crippen LogP contribution in [0.15, 0.2) is 4.99 Å². The lowest BCUT2D eigenvalue weighted by molar-refractivity contribution is -0.126. The van der Waals surface area contributed by atoms with E-state index in [0.29, 0.717) is 32.0 Å². The third-order valence-electron chi connectivity index (χ3n) is 4.02. The van der Waals surface area contributed by atoms with Crippen molar-refractivity contribution in [3.8, 4) is 0 Å². The second kappa shape index (κ2) is 7.40. The molecule has 2 amide bonds. The van der Waals surface area contributed by atoms with E-state index in [2.05, 4.69) is 10.3 Å². The van der Waals surface area contributed by atoms with Gasteiger partial charge in [0.15, 0.2) is 0 Å². The van der Waals surface area contributed by atoms with Gasteiger partial charge in [0.2, 0.25) is 11.8 Å². The summed E-state index contributed by atoms with van der Waals surface area (Å²) in [5.74, 6) is 0.567. The highest BCUT2D eigenvalue weighted by Crippen LogP contribution is 2.21. The Hall–Kier alpha value is -1.79. The molecular formula is C17H29N3O4. The van der Waals surface area contributed by atoms with E-state index >= 15 is 0 Å². The second-order valence-corrected chi connectivity index (χ2v) is 7.63. The zero-order chi connectivity index (χ0) is 17.9. The summed E-state index contributed by atoms with van der Waals surface area (Å²) in [5, 5.41) is 3.00. The van der Waals surface area contributed by atoms with Crippen LogP contribution in [-0.2, 0) is 14.3 Å². The Balaban J connectivity index is 2.03. The molecule has 0 aliphatic carbocycles. The average molecular weight is 339 g/mol. The first-order chi connectivity index (χ1) is 11.2. The minimum atomic E-state index is -0.576. The third-order valence-corrected chi connectivity index (χ3v) is 4.02. The number of hydrogen-bond acceptors (Lipinski definition) is 5. The van der Waals surface area contributed by atoms with Gasteiger partial charge < -0.3 is 14.8 Å². The van der Waals surface area contributed by atoms with Crippen molar-refractivity contribution in [3.05, 3.63) is 0 Å². The van der Waals surface area contributed by atoms with E-state index in [-0.39, 0.29) is 17.9 Å². The van der Waals surface area contributed by atoms with Crippen molar-refractivity contribution in [3.63, 3.8) is 0 Å². The highest BCUT2D eigenvalue weighted by atomic mass is 16.6. The quantitative estimate of drug-likeness (QED) is 0.849. The van der Waals surface area contributed by atoms with E-state index in [4.69, 9.17) is 9.47 Å². The molecule has 2 atom stereocenters. The van der Waals surface area contributed by atoms with Crippen LogP contribution in [0.2, 0.25) is 0 Å². The molecule has 0 aromatic carbocycles. The van der Waals surface area contributed by atoms with Gasteiger partial charge in [-0.05, 0) is 39.5 Å². The molecule has 136 valence electrons. The lowest BCUT2D eigenvalue weighted by atomic mass is 10.0. The number of hydrogen-bond donors (Lipinski definition) is 1. The van der Waals surface area contributed by atoms with Gasteiger partial charge >= 0.3 is 6.09 Å². The molecule has 1 fully saturated rings. The molecule has 0 aromatic rings. The number of nitrogens with zero attached hydrogens (tertiary/aromatic N) is 2. The number of rotatable bonds is 4. The summed E-state index contributed by atoms with van der Waals surface area (Å²) in [6, 6.07) is -0.760. The van der Waals surface area contributed by atoms with E-state index in [1.54, 1.807) is 0 Å². The normalized spacial score (nSPS) is 22.2. The lowest BCUT2D eigenvalue weighted by Gasteiger charge is -2.29. The molecule has 0 aromatic heterocycles. The summed E-state index contributed by atoms with van der Waals surface area (Å²) in [4.78, 5) is 30.9. The smallest absolute Gasteiger partial charge is 0.410 e. The first kappa shape index (κ1) is 18.5. The van der Waals surface area contributed by atoms with E-state index in [9.17, 15) is 9.59 Å². The van der Waals surface area contributed by atoms with Crippen LogP contribution >= 0.6 is 0 Å². The molecule has 0 spiro atoms. The van der Waals surface area contributed by atoms with Crippen molar-refractivity contribution < 1.29 is 19.1 Å².